The number of carbonyl (C=O) groups excluding carboxylic acids is 2. The predicted molar refractivity (Wildman–Crippen MR) is 130 cm³/mol. The van der Waals surface area contributed by atoms with E-state index in [1.54, 1.807) is 24.8 Å². The summed E-state index contributed by atoms with van der Waals surface area (Å²) in [6.45, 7) is 7.04. The van der Waals surface area contributed by atoms with Crippen molar-refractivity contribution in [2.75, 3.05) is 18.1 Å². The van der Waals surface area contributed by atoms with Crippen LogP contribution in [-0.2, 0) is 19.1 Å². The molecule has 0 aromatic heterocycles. The van der Waals surface area contributed by atoms with Crippen molar-refractivity contribution < 1.29 is 29.3 Å². The van der Waals surface area contributed by atoms with Crippen molar-refractivity contribution in [3.8, 4) is 0 Å². The summed E-state index contributed by atoms with van der Waals surface area (Å²) < 4.78 is 6.41. The van der Waals surface area contributed by atoms with Crippen LogP contribution in [0.15, 0.2) is 55.1 Å². The van der Waals surface area contributed by atoms with Crippen molar-refractivity contribution >= 4 is 34.2 Å². The van der Waals surface area contributed by atoms with E-state index < -0.39 is 47.0 Å². The van der Waals surface area contributed by atoms with Crippen LogP contribution in [0.1, 0.15) is 26.7 Å². The molecule has 3 fully saturated rings. The lowest BCUT2D eigenvalue weighted by Gasteiger charge is -2.38. The number of amides is 2. The van der Waals surface area contributed by atoms with Crippen LogP contribution >= 0.6 is 0 Å². The molecule has 5 rings (SSSR count). The normalized spacial score (nSPS) is 32.0. The molecule has 184 valence electrons. The van der Waals surface area contributed by atoms with Gasteiger partial charge in [-0.1, -0.05) is 36.4 Å². The van der Waals surface area contributed by atoms with Crippen molar-refractivity contribution in [3.63, 3.8) is 0 Å². The van der Waals surface area contributed by atoms with E-state index in [9.17, 15) is 24.6 Å². The number of carbonyl (C=O) groups is 3. The average molecular weight is 479 g/mol. The van der Waals surface area contributed by atoms with Crippen LogP contribution < -0.4 is 4.90 Å². The smallest absolute Gasteiger partial charge is 0.310 e. The van der Waals surface area contributed by atoms with E-state index in [4.69, 9.17) is 4.74 Å². The topological polar surface area (TPSA) is 107 Å². The van der Waals surface area contributed by atoms with Crippen molar-refractivity contribution in [2.24, 2.45) is 11.8 Å². The Kier molecular flexibility index (Phi) is 5.49. The first-order valence-corrected chi connectivity index (χ1v) is 12.0. The fourth-order valence-corrected chi connectivity index (χ4v) is 6.53. The lowest BCUT2D eigenvalue weighted by molar-refractivity contribution is -0.155. The van der Waals surface area contributed by atoms with Crippen molar-refractivity contribution in [1.29, 1.82) is 0 Å². The molecule has 2 N–H and O–H groups in total. The lowest BCUT2D eigenvalue weighted by atomic mass is 9.66. The number of benzene rings is 2. The Morgan fingerprint density at radius 3 is 2.63 bits per heavy atom. The van der Waals surface area contributed by atoms with Crippen molar-refractivity contribution in [1.82, 2.24) is 4.90 Å². The zero-order valence-electron chi connectivity index (χ0n) is 19.9. The van der Waals surface area contributed by atoms with Crippen LogP contribution in [0.4, 0.5) is 5.69 Å². The number of carboxylic acids is 1. The third-order valence-corrected chi connectivity index (χ3v) is 8.08. The van der Waals surface area contributed by atoms with Gasteiger partial charge in [0, 0.05) is 12.2 Å². The third kappa shape index (κ3) is 3.23. The van der Waals surface area contributed by atoms with Gasteiger partial charge in [-0.2, -0.15) is 0 Å². The van der Waals surface area contributed by atoms with E-state index in [2.05, 4.69) is 6.58 Å². The van der Waals surface area contributed by atoms with Crippen LogP contribution in [0.3, 0.4) is 0 Å². The molecule has 3 saturated heterocycles. The highest BCUT2D eigenvalue weighted by atomic mass is 16.5. The molecule has 3 aliphatic heterocycles. The molecule has 2 amide bonds. The standard InChI is InChI=1S/C27H30N2O6/c1-4-13-28(19-10-9-17-7-5-6-8-18(17)14-19)24(32)22-27-12-11-26(3,35-27)21(25(33)34)20(27)23(31)29(22)16(2)15-30/h4-10,14,16,20-22,30H,1,11-13,15H2,2-3H3,(H,33,34)/t16-,20+,21-,22?,26+,27?/m1/s1. The molecule has 2 bridgehead atoms. The summed E-state index contributed by atoms with van der Waals surface area (Å²) in [6, 6.07) is 11.8. The molecule has 6 atom stereocenters. The molecule has 0 radical (unpaired) electrons. The summed E-state index contributed by atoms with van der Waals surface area (Å²) in [4.78, 5) is 43.3. The van der Waals surface area contributed by atoms with Crippen LogP contribution in [0.5, 0.6) is 0 Å². The number of nitrogens with zero attached hydrogens (tertiary/aromatic N) is 2. The largest absolute Gasteiger partial charge is 0.481 e. The fraction of sp³-hybridized carbons (Fsp3) is 0.444. The molecule has 2 unspecified atom stereocenters. The van der Waals surface area contributed by atoms with Crippen LogP contribution in [-0.4, -0.2) is 69.3 Å². The lowest BCUT2D eigenvalue weighted by Crippen LogP contribution is -2.58. The fourth-order valence-electron chi connectivity index (χ4n) is 6.53. The first-order chi connectivity index (χ1) is 16.7. The van der Waals surface area contributed by atoms with E-state index in [-0.39, 0.29) is 19.1 Å². The molecule has 1 spiro atoms. The number of rotatable bonds is 7. The quantitative estimate of drug-likeness (QED) is 0.593. The van der Waals surface area contributed by atoms with Gasteiger partial charge in [-0.25, -0.2) is 0 Å². The third-order valence-electron chi connectivity index (χ3n) is 8.08. The second-order valence-corrected chi connectivity index (χ2v) is 10.1. The Hall–Kier alpha value is -3.23. The number of anilines is 1. The van der Waals surface area contributed by atoms with Gasteiger partial charge in [0.2, 0.25) is 5.91 Å². The number of aliphatic carboxylic acids is 1. The maximum atomic E-state index is 14.3. The molecule has 2 aromatic rings. The molecule has 0 aliphatic carbocycles. The maximum absolute atomic E-state index is 14.3. The Bertz CT molecular complexity index is 1230. The van der Waals surface area contributed by atoms with E-state index >= 15 is 0 Å². The minimum absolute atomic E-state index is 0.198. The molecular weight excluding hydrogens is 448 g/mol. The first kappa shape index (κ1) is 23.5. The van der Waals surface area contributed by atoms with Gasteiger partial charge in [0.1, 0.15) is 11.6 Å². The SMILES string of the molecule is C=CCN(C(=O)C1N([C@H](C)CO)C(=O)[C@@H]2[C@H](C(=O)O)[C@]3(C)CCC12O3)c1ccc2ccccc2c1. The first-order valence-electron chi connectivity index (χ1n) is 12.0. The monoisotopic (exact) mass is 478 g/mol. The predicted octanol–water partition coefficient (Wildman–Crippen LogP) is 2.59. The van der Waals surface area contributed by atoms with Crippen LogP contribution in [0.2, 0.25) is 0 Å². The summed E-state index contributed by atoms with van der Waals surface area (Å²) in [5.41, 5.74) is -1.64. The summed E-state index contributed by atoms with van der Waals surface area (Å²) in [7, 11) is 0. The zero-order valence-corrected chi connectivity index (χ0v) is 19.9. The van der Waals surface area contributed by atoms with Crippen LogP contribution in [0, 0.1) is 11.8 Å². The molecule has 3 heterocycles. The highest BCUT2D eigenvalue weighted by Crippen LogP contribution is 2.63. The molecule has 8 nitrogen and oxygen atoms in total. The Morgan fingerprint density at radius 1 is 1.26 bits per heavy atom. The van der Waals surface area contributed by atoms with Crippen molar-refractivity contribution in [3.05, 3.63) is 55.1 Å². The minimum atomic E-state index is -1.26. The summed E-state index contributed by atoms with van der Waals surface area (Å²) in [5, 5.41) is 22.0. The number of aliphatic hydroxyl groups excluding tert-OH is 1. The number of fused-ring (bicyclic) bond motifs is 2. The summed E-state index contributed by atoms with van der Waals surface area (Å²) in [6.07, 6.45) is 2.46. The van der Waals surface area contributed by atoms with E-state index in [0.29, 0.717) is 18.5 Å². The maximum Gasteiger partial charge on any atom is 0.310 e. The Labute approximate surface area is 203 Å². The van der Waals surface area contributed by atoms with Gasteiger partial charge in [-0.05, 0) is 49.6 Å². The highest BCUT2D eigenvalue weighted by Gasteiger charge is 2.78. The number of hydrogen-bond donors (Lipinski definition) is 2. The molecule has 3 aliphatic rings. The second-order valence-electron chi connectivity index (χ2n) is 10.1. The second kappa shape index (κ2) is 8.17. The number of hydrogen-bond acceptors (Lipinski definition) is 5. The summed E-state index contributed by atoms with van der Waals surface area (Å²) >= 11 is 0. The molecule has 0 saturated carbocycles. The number of ether oxygens (including phenoxy) is 1. The van der Waals surface area contributed by atoms with Gasteiger partial charge >= 0.3 is 5.97 Å². The van der Waals surface area contributed by atoms with Gasteiger partial charge in [0.15, 0.2) is 0 Å². The van der Waals surface area contributed by atoms with Crippen LogP contribution in [0.25, 0.3) is 10.8 Å². The van der Waals surface area contributed by atoms with Gasteiger partial charge in [0.05, 0.1) is 30.1 Å². The van der Waals surface area contributed by atoms with E-state index in [1.807, 2.05) is 42.5 Å². The Morgan fingerprint density at radius 2 is 1.97 bits per heavy atom. The highest BCUT2D eigenvalue weighted by molar-refractivity contribution is 6.05. The molecule has 2 aromatic carbocycles. The van der Waals surface area contributed by atoms with E-state index in [1.165, 1.54) is 4.90 Å². The summed E-state index contributed by atoms with van der Waals surface area (Å²) in [5.74, 6) is -3.95. The Balaban J connectivity index is 1.63. The van der Waals surface area contributed by atoms with Gasteiger partial charge in [-0.15, -0.1) is 6.58 Å². The number of aliphatic hydroxyl groups is 1. The minimum Gasteiger partial charge on any atom is -0.481 e. The molecular formula is C27H30N2O6. The van der Waals surface area contributed by atoms with E-state index in [0.717, 1.165) is 10.8 Å². The molecule has 8 heteroatoms. The average Bonchev–Trinajstić information content (AvgIpc) is 3.42. The van der Waals surface area contributed by atoms with Crippen molar-refractivity contribution in [2.45, 2.75) is 50.0 Å². The van der Waals surface area contributed by atoms with Gasteiger partial charge < -0.3 is 24.7 Å². The van der Waals surface area contributed by atoms with Gasteiger partial charge in [-0.3, -0.25) is 14.4 Å². The number of carboxylic acid groups (broad SMARTS) is 1. The van der Waals surface area contributed by atoms with Gasteiger partial charge in [0.25, 0.3) is 5.91 Å². The zero-order chi connectivity index (χ0) is 25.1. The molecule has 35 heavy (non-hydrogen) atoms. The number of likely N-dealkylation sites (tertiary alicyclic amines) is 1.